The Bertz CT molecular complexity index is 2250. The van der Waals surface area contributed by atoms with Crippen molar-refractivity contribution < 1.29 is 30.7 Å². The number of nitrogens with zero attached hydrogens (tertiary/aromatic N) is 2. The summed E-state index contributed by atoms with van der Waals surface area (Å²) in [6.07, 6.45) is 0.165. The van der Waals surface area contributed by atoms with Crippen LogP contribution >= 0.6 is 11.6 Å². The van der Waals surface area contributed by atoms with Crippen molar-refractivity contribution in [3.8, 4) is 22.3 Å². The minimum absolute atomic E-state index is 0.0282. The summed E-state index contributed by atoms with van der Waals surface area (Å²) in [5.41, 5.74) is -1.34. The second kappa shape index (κ2) is 11.0. The van der Waals surface area contributed by atoms with E-state index in [1.807, 2.05) is 0 Å². The summed E-state index contributed by atoms with van der Waals surface area (Å²) in [5, 5.41) is -5.04. The Morgan fingerprint density at radius 3 is 1.55 bits per heavy atom. The maximum Gasteiger partial charge on any atom is 0.418 e. The van der Waals surface area contributed by atoms with Crippen molar-refractivity contribution >= 4 is 58.0 Å². The molecule has 2 aliphatic heterocycles. The van der Waals surface area contributed by atoms with E-state index in [4.69, 9.17) is 11.6 Å². The van der Waals surface area contributed by atoms with Crippen molar-refractivity contribution in [1.29, 1.82) is 0 Å². The average molecular weight is 665 g/mol. The van der Waals surface area contributed by atoms with Gasteiger partial charge in [-0.3, -0.25) is 0 Å². The molecule has 4 nitrogen and oxygen atoms in total. The zero-order valence-electron chi connectivity index (χ0n) is 23.8. The third-order valence-electron chi connectivity index (χ3n) is 7.80. The Hall–Kier alpha value is -5.16. The highest BCUT2D eigenvalue weighted by atomic mass is 35.5. The molecular formula is C35H20ClF7N4. The van der Waals surface area contributed by atoms with Gasteiger partial charge in [-0.05, 0) is 71.3 Å². The first-order valence-electron chi connectivity index (χ1n) is 14.1. The fourth-order valence-corrected chi connectivity index (χ4v) is 5.81. The third kappa shape index (κ3) is 5.40. The molecule has 0 radical (unpaired) electrons. The number of rotatable bonds is 4. The summed E-state index contributed by atoms with van der Waals surface area (Å²) < 4.78 is 104. The smallest absolute Gasteiger partial charge is 0.355 e. The van der Waals surface area contributed by atoms with E-state index in [-0.39, 0.29) is 28.0 Å². The average Bonchev–Trinajstić information content (AvgIpc) is 3.83. The number of alkyl halides is 8. The number of hydrogen-bond acceptors (Lipinski definition) is 2. The highest BCUT2D eigenvalue weighted by Gasteiger charge is 2.58. The Labute approximate surface area is 266 Å². The van der Waals surface area contributed by atoms with Crippen LogP contribution in [0.2, 0.25) is 0 Å². The molecule has 236 valence electrons. The molecular weight excluding hydrogens is 645 g/mol. The molecule has 0 atom stereocenters. The molecule has 2 N–H and O–H groups in total. The highest BCUT2D eigenvalue weighted by Crippen LogP contribution is 2.49. The van der Waals surface area contributed by atoms with E-state index in [0.717, 1.165) is 12.1 Å². The van der Waals surface area contributed by atoms with Gasteiger partial charge in [-0.25, -0.2) is 9.97 Å². The van der Waals surface area contributed by atoms with Crippen molar-refractivity contribution in [2.24, 2.45) is 0 Å². The van der Waals surface area contributed by atoms with Crippen molar-refractivity contribution in [3.05, 3.63) is 119 Å². The molecule has 5 heterocycles. The van der Waals surface area contributed by atoms with Gasteiger partial charge in [0.1, 0.15) is 0 Å². The van der Waals surface area contributed by atoms with Crippen LogP contribution in [0.25, 0.3) is 68.6 Å². The summed E-state index contributed by atoms with van der Waals surface area (Å²) in [4.78, 5) is 14.6. The van der Waals surface area contributed by atoms with E-state index in [9.17, 15) is 22.0 Å². The molecule has 2 aromatic carbocycles. The van der Waals surface area contributed by atoms with Gasteiger partial charge in [-0.1, -0.05) is 60.7 Å². The SMILES string of the molecule is FC(F)(F)c1cc2[nH]c1cc1ccc([nH]1)c(-c1ccccc1)c1nc(c(C(F)(F)C(F)(F)Cl)c3nc(c2-c2ccccc2)C=C3)C=C1. The number of nitrogens with one attached hydrogen (secondary N) is 2. The van der Waals surface area contributed by atoms with Crippen LogP contribution in [-0.4, -0.2) is 25.3 Å². The summed E-state index contributed by atoms with van der Waals surface area (Å²) in [6.45, 7) is 0. The minimum Gasteiger partial charge on any atom is -0.355 e. The molecule has 8 bridgehead atoms. The van der Waals surface area contributed by atoms with Crippen LogP contribution in [-0.2, 0) is 12.1 Å². The zero-order valence-corrected chi connectivity index (χ0v) is 24.6. The molecule has 7 rings (SSSR count). The van der Waals surface area contributed by atoms with Gasteiger partial charge < -0.3 is 9.97 Å². The molecule has 12 heteroatoms. The lowest BCUT2D eigenvalue weighted by molar-refractivity contribution is -0.164. The zero-order chi connectivity index (χ0) is 33.1. The van der Waals surface area contributed by atoms with Gasteiger partial charge in [-0.2, -0.15) is 30.7 Å². The second-order valence-corrected chi connectivity index (χ2v) is 11.3. The van der Waals surface area contributed by atoms with Crippen molar-refractivity contribution in [3.63, 3.8) is 0 Å². The van der Waals surface area contributed by atoms with E-state index in [1.54, 1.807) is 72.8 Å². The molecule has 0 saturated heterocycles. The number of halogens is 8. The molecule has 0 amide bonds. The topological polar surface area (TPSA) is 57.4 Å². The largest absolute Gasteiger partial charge is 0.418 e. The summed E-state index contributed by atoms with van der Waals surface area (Å²) >= 11 is 5.01. The first kappa shape index (κ1) is 30.5. The first-order valence-corrected chi connectivity index (χ1v) is 14.5. The molecule has 5 aromatic rings. The van der Waals surface area contributed by atoms with Gasteiger partial charge in [0.15, 0.2) is 0 Å². The Kier molecular flexibility index (Phi) is 7.12. The Morgan fingerprint density at radius 1 is 0.532 bits per heavy atom. The van der Waals surface area contributed by atoms with E-state index >= 15 is 8.78 Å². The van der Waals surface area contributed by atoms with Gasteiger partial charge >= 0.3 is 17.5 Å². The van der Waals surface area contributed by atoms with Crippen LogP contribution in [0.3, 0.4) is 0 Å². The lowest BCUT2D eigenvalue weighted by atomic mass is 10.0. The van der Waals surface area contributed by atoms with Crippen LogP contribution in [0.1, 0.15) is 33.9 Å². The van der Waals surface area contributed by atoms with E-state index in [0.29, 0.717) is 27.7 Å². The van der Waals surface area contributed by atoms with Crippen molar-refractivity contribution in [1.82, 2.24) is 19.9 Å². The molecule has 47 heavy (non-hydrogen) atoms. The minimum atomic E-state index is -5.04. The van der Waals surface area contributed by atoms with Gasteiger partial charge in [-0.15, -0.1) is 0 Å². The lowest BCUT2D eigenvalue weighted by Crippen LogP contribution is -2.34. The van der Waals surface area contributed by atoms with Crippen LogP contribution in [0.5, 0.6) is 0 Å². The number of aromatic amines is 2. The highest BCUT2D eigenvalue weighted by molar-refractivity contribution is 6.22. The summed E-state index contributed by atoms with van der Waals surface area (Å²) in [7, 11) is 0. The van der Waals surface area contributed by atoms with Gasteiger partial charge in [0, 0.05) is 27.7 Å². The standard InChI is InChI=1S/C35H20ClF7N4/c36-35(42,43)33(37,38)32-26-15-13-24(45-26)30(19-7-3-1-4-8-19)23-12-11-21(44-23)17-28-22(34(39,40)41)18-29(47-28)31(20-9-5-2-6-10-20)25-14-16-27(32)46-25/h1-18,44,47H. The lowest BCUT2D eigenvalue weighted by Gasteiger charge is -2.22. The number of hydrogen-bond donors (Lipinski definition) is 2. The maximum absolute atomic E-state index is 15.7. The second-order valence-electron chi connectivity index (χ2n) is 10.8. The number of fused-ring (bicyclic) bond motifs is 8. The van der Waals surface area contributed by atoms with Crippen molar-refractivity contribution in [2.45, 2.75) is 17.5 Å². The summed E-state index contributed by atoms with van der Waals surface area (Å²) in [6, 6.07) is 22.2. The number of benzene rings is 2. The van der Waals surface area contributed by atoms with Crippen LogP contribution in [0, 0.1) is 0 Å². The Morgan fingerprint density at radius 2 is 1.04 bits per heavy atom. The fourth-order valence-electron chi connectivity index (χ4n) is 5.72. The number of aromatic nitrogens is 4. The fraction of sp³-hybridized carbons (Fsp3) is 0.0857. The first-order chi connectivity index (χ1) is 22.3. The summed E-state index contributed by atoms with van der Waals surface area (Å²) in [5.74, 6) is -4.96. The van der Waals surface area contributed by atoms with E-state index in [2.05, 4.69) is 19.9 Å². The number of H-pyrrole nitrogens is 2. The molecule has 0 unspecified atom stereocenters. The predicted octanol–water partition coefficient (Wildman–Crippen LogP) is 10.9. The predicted molar refractivity (Wildman–Crippen MR) is 169 cm³/mol. The van der Waals surface area contributed by atoms with Crippen LogP contribution in [0.4, 0.5) is 30.7 Å². The molecule has 0 spiro atoms. The molecule has 0 fully saturated rings. The molecule has 0 saturated carbocycles. The normalized spacial score (nSPS) is 13.4. The molecule has 0 aliphatic carbocycles. The Balaban J connectivity index is 1.72. The van der Waals surface area contributed by atoms with Crippen LogP contribution in [0.15, 0.2) is 84.9 Å². The van der Waals surface area contributed by atoms with E-state index < -0.39 is 40.0 Å². The van der Waals surface area contributed by atoms with Crippen LogP contribution < -0.4 is 0 Å². The van der Waals surface area contributed by atoms with E-state index in [1.165, 1.54) is 24.3 Å². The maximum atomic E-state index is 15.7. The van der Waals surface area contributed by atoms with Crippen molar-refractivity contribution in [2.75, 3.05) is 0 Å². The van der Waals surface area contributed by atoms with Gasteiger partial charge in [0.05, 0.1) is 39.4 Å². The molecule has 2 aliphatic rings. The monoisotopic (exact) mass is 664 g/mol. The third-order valence-corrected chi connectivity index (χ3v) is 8.04. The quantitative estimate of drug-likeness (QED) is 0.145. The molecule has 3 aromatic heterocycles. The van der Waals surface area contributed by atoms with Gasteiger partial charge in [0.25, 0.3) is 0 Å². The van der Waals surface area contributed by atoms with Gasteiger partial charge in [0.2, 0.25) is 0 Å².